The Bertz CT molecular complexity index is 772. The highest BCUT2D eigenvalue weighted by molar-refractivity contribution is 9.10. The van der Waals surface area contributed by atoms with Gasteiger partial charge < -0.3 is 5.32 Å². The van der Waals surface area contributed by atoms with Crippen LogP contribution in [-0.2, 0) is 0 Å². The molecule has 0 fully saturated rings. The van der Waals surface area contributed by atoms with Crippen molar-refractivity contribution >= 4 is 38.9 Å². The number of nitrogens with zero attached hydrogens (tertiary/aromatic N) is 1. The fraction of sp³-hybridized carbons (Fsp3) is 0.235. The van der Waals surface area contributed by atoms with Crippen molar-refractivity contribution in [1.29, 1.82) is 0 Å². The molecule has 1 aliphatic rings. The summed E-state index contributed by atoms with van der Waals surface area (Å²) in [6.45, 7) is 2.57. The van der Waals surface area contributed by atoms with E-state index in [1.807, 2.05) is 13.0 Å². The van der Waals surface area contributed by atoms with Crippen LogP contribution in [0.1, 0.15) is 24.5 Å². The van der Waals surface area contributed by atoms with Crippen molar-refractivity contribution in [3.05, 3.63) is 62.6 Å². The summed E-state index contributed by atoms with van der Waals surface area (Å²) in [7, 11) is 0. The van der Waals surface area contributed by atoms with Gasteiger partial charge in [-0.3, -0.25) is 4.99 Å². The number of halogens is 4. The third kappa shape index (κ3) is 3.00. The number of benzene rings is 2. The molecule has 1 heterocycles. The van der Waals surface area contributed by atoms with Gasteiger partial charge >= 0.3 is 0 Å². The molecule has 1 atom stereocenters. The Balaban J connectivity index is 2.32. The molecule has 2 nitrogen and oxygen atoms in total. The van der Waals surface area contributed by atoms with Gasteiger partial charge in [0.25, 0.3) is 0 Å². The van der Waals surface area contributed by atoms with Crippen molar-refractivity contribution in [3.63, 3.8) is 0 Å². The van der Waals surface area contributed by atoms with E-state index >= 15 is 0 Å². The van der Waals surface area contributed by atoms with Crippen LogP contribution in [0.15, 0.2) is 39.8 Å². The van der Waals surface area contributed by atoms with Gasteiger partial charge in [0.1, 0.15) is 11.6 Å². The Morgan fingerprint density at radius 1 is 1.22 bits per heavy atom. The van der Waals surface area contributed by atoms with Gasteiger partial charge in [0, 0.05) is 22.3 Å². The van der Waals surface area contributed by atoms with Gasteiger partial charge in [0.15, 0.2) is 0 Å². The van der Waals surface area contributed by atoms with Crippen molar-refractivity contribution in [3.8, 4) is 0 Å². The first-order valence-electron chi connectivity index (χ1n) is 7.27. The summed E-state index contributed by atoms with van der Waals surface area (Å²) < 4.78 is 29.3. The Morgan fingerprint density at radius 2 is 1.91 bits per heavy atom. The molecule has 0 bridgehead atoms. The van der Waals surface area contributed by atoms with Crippen molar-refractivity contribution in [2.24, 2.45) is 4.99 Å². The highest BCUT2D eigenvalue weighted by Gasteiger charge is 2.26. The molecule has 1 aliphatic heterocycles. The fourth-order valence-corrected chi connectivity index (χ4v) is 3.18. The highest BCUT2D eigenvalue weighted by atomic mass is 79.9. The van der Waals surface area contributed by atoms with Gasteiger partial charge in [-0.25, -0.2) is 8.78 Å². The predicted molar refractivity (Wildman–Crippen MR) is 93.7 cm³/mol. The molecule has 2 aromatic carbocycles. The number of rotatable bonds is 2. The lowest BCUT2D eigenvalue weighted by atomic mass is 9.99. The maximum atomic E-state index is 14.3. The number of benzodiazepines with no additional fused rings is 1. The summed E-state index contributed by atoms with van der Waals surface area (Å²) in [5, 5.41) is 3.65. The van der Waals surface area contributed by atoms with Crippen LogP contribution < -0.4 is 5.32 Å². The van der Waals surface area contributed by atoms with E-state index in [0.717, 1.165) is 12.1 Å². The molecule has 23 heavy (non-hydrogen) atoms. The Morgan fingerprint density at radius 3 is 2.57 bits per heavy atom. The molecule has 6 heteroatoms. The van der Waals surface area contributed by atoms with Crippen LogP contribution in [0, 0.1) is 11.6 Å². The molecule has 2 aromatic rings. The Kier molecular flexibility index (Phi) is 4.69. The predicted octanol–water partition coefficient (Wildman–Crippen LogP) is 5.42. The lowest BCUT2D eigenvalue weighted by molar-refractivity contribution is 0.578. The third-order valence-electron chi connectivity index (χ3n) is 3.84. The van der Waals surface area contributed by atoms with Gasteiger partial charge in [-0.05, 0) is 46.6 Å². The minimum absolute atomic E-state index is 0.0914. The molecular weight excluding hydrogens is 386 g/mol. The standard InChI is InChI=1S/C17H14BrClF2N2/c1-2-9-8-22-13-7-6-10(18)16(19)15(13)17(23-9)14-11(20)4-3-5-12(14)21/h3-7,9,22H,2,8H2,1H3/t9-/m0/s1. The summed E-state index contributed by atoms with van der Waals surface area (Å²) in [6.07, 6.45) is 0.749. The summed E-state index contributed by atoms with van der Waals surface area (Å²) in [5.41, 5.74) is 1.34. The second kappa shape index (κ2) is 6.57. The molecule has 0 spiro atoms. The number of aliphatic imine (C=N–C) groups is 1. The molecule has 0 amide bonds. The number of nitrogens with one attached hydrogen (secondary N) is 1. The molecule has 0 aromatic heterocycles. The molecule has 1 N–H and O–H groups in total. The summed E-state index contributed by atoms with van der Waals surface area (Å²) in [4.78, 5) is 4.60. The Labute approximate surface area is 146 Å². The van der Waals surface area contributed by atoms with Crippen molar-refractivity contribution < 1.29 is 8.78 Å². The van der Waals surface area contributed by atoms with Crippen LogP contribution in [0.5, 0.6) is 0 Å². The first kappa shape index (κ1) is 16.4. The number of fused-ring (bicyclic) bond motifs is 1. The lowest BCUT2D eigenvalue weighted by Gasteiger charge is -2.14. The molecule has 3 rings (SSSR count). The second-order valence-corrected chi connectivity index (χ2v) is 6.53. The number of hydrogen-bond donors (Lipinski definition) is 1. The zero-order chi connectivity index (χ0) is 16.6. The molecular formula is C17H14BrClF2N2. The SMILES string of the molecule is CC[C@H]1CNc2ccc(Br)c(Cl)c2C(c2c(F)cccc2F)=N1. The van der Waals surface area contributed by atoms with Crippen LogP contribution in [0.25, 0.3) is 0 Å². The van der Waals surface area contributed by atoms with Crippen LogP contribution in [0.4, 0.5) is 14.5 Å². The quantitative estimate of drug-likeness (QED) is 0.716. The number of anilines is 1. The van der Waals surface area contributed by atoms with Gasteiger partial charge in [-0.2, -0.15) is 0 Å². The van der Waals surface area contributed by atoms with E-state index in [-0.39, 0.29) is 17.3 Å². The van der Waals surface area contributed by atoms with Gasteiger partial charge in [-0.1, -0.05) is 24.6 Å². The molecule has 0 unspecified atom stereocenters. The van der Waals surface area contributed by atoms with Crippen LogP contribution in [0.2, 0.25) is 5.02 Å². The maximum absolute atomic E-state index is 14.3. The largest absolute Gasteiger partial charge is 0.382 e. The van der Waals surface area contributed by atoms with E-state index < -0.39 is 11.6 Å². The average molecular weight is 400 g/mol. The van der Waals surface area contributed by atoms with Crippen LogP contribution in [0.3, 0.4) is 0 Å². The molecule has 0 saturated heterocycles. The van der Waals surface area contributed by atoms with E-state index in [2.05, 4.69) is 26.2 Å². The summed E-state index contributed by atoms with van der Waals surface area (Å²) >= 11 is 9.78. The maximum Gasteiger partial charge on any atom is 0.135 e. The lowest BCUT2D eigenvalue weighted by Crippen LogP contribution is -2.16. The normalized spacial score (nSPS) is 17.1. The molecule has 0 radical (unpaired) electrons. The first-order valence-corrected chi connectivity index (χ1v) is 8.44. The molecule has 0 saturated carbocycles. The molecule has 120 valence electrons. The van der Waals surface area contributed by atoms with Gasteiger partial charge in [0.05, 0.1) is 22.3 Å². The van der Waals surface area contributed by atoms with E-state index in [4.69, 9.17) is 11.6 Å². The second-order valence-electron chi connectivity index (χ2n) is 5.30. The fourth-order valence-electron chi connectivity index (χ4n) is 2.60. The van der Waals surface area contributed by atoms with Crippen LogP contribution >= 0.6 is 27.5 Å². The van der Waals surface area contributed by atoms with Crippen molar-refractivity contribution in [1.82, 2.24) is 0 Å². The Hall–Kier alpha value is -1.46. The third-order valence-corrected chi connectivity index (χ3v) is 5.12. The van der Waals surface area contributed by atoms with Gasteiger partial charge in [-0.15, -0.1) is 0 Å². The number of hydrogen-bond acceptors (Lipinski definition) is 2. The van der Waals surface area contributed by atoms with Crippen molar-refractivity contribution in [2.45, 2.75) is 19.4 Å². The average Bonchev–Trinajstić information content (AvgIpc) is 2.71. The zero-order valence-corrected chi connectivity index (χ0v) is 14.7. The first-order chi connectivity index (χ1) is 11.0. The zero-order valence-electron chi connectivity index (χ0n) is 12.3. The monoisotopic (exact) mass is 398 g/mol. The van der Waals surface area contributed by atoms with E-state index in [9.17, 15) is 8.78 Å². The highest BCUT2D eigenvalue weighted by Crippen LogP contribution is 2.36. The minimum Gasteiger partial charge on any atom is -0.382 e. The van der Waals surface area contributed by atoms with E-state index in [1.165, 1.54) is 18.2 Å². The summed E-state index contributed by atoms with van der Waals surface area (Å²) in [6, 6.07) is 7.33. The molecule has 0 aliphatic carbocycles. The van der Waals surface area contributed by atoms with Gasteiger partial charge in [0.2, 0.25) is 0 Å². The minimum atomic E-state index is -0.650. The van der Waals surface area contributed by atoms with E-state index in [1.54, 1.807) is 6.07 Å². The topological polar surface area (TPSA) is 24.4 Å². The summed E-state index contributed by atoms with van der Waals surface area (Å²) in [5.74, 6) is -1.30. The van der Waals surface area contributed by atoms with Crippen LogP contribution in [-0.4, -0.2) is 18.3 Å². The van der Waals surface area contributed by atoms with E-state index in [0.29, 0.717) is 21.6 Å². The van der Waals surface area contributed by atoms with Crippen molar-refractivity contribution in [2.75, 3.05) is 11.9 Å². The smallest absolute Gasteiger partial charge is 0.135 e.